The van der Waals surface area contributed by atoms with Gasteiger partial charge >= 0.3 is 18.2 Å². The molecule has 29 heavy (non-hydrogen) atoms. The summed E-state index contributed by atoms with van der Waals surface area (Å²) in [6.07, 6.45) is -1.77. The molecule has 1 aromatic carbocycles. The Morgan fingerprint density at radius 2 is 1.34 bits per heavy atom. The Balaban J connectivity index is 2.70. The van der Waals surface area contributed by atoms with Crippen molar-refractivity contribution in [3.05, 3.63) is 34.4 Å². The van der Waals surface area contributed by atoms with E-state index in [0.717, 1.165) is 21.6 Å². The molecule has 0 aromatic heterocycles. The summed E-state index contributed by atoms with van der Waals surface area (Å²) in [6.45, 7) is 13.9. The van der Waals surface area contributed by atoms with Crippen LogP contribution in [-0.4, -0.2) is 41.4 Å². The van der Waals surface area contributed by atoms with Crippen LogP contribution in [0, 0.1) is 13.8 Å². The number of imide groups is 1. The highest BCUT2D eigenvalue weighted by Gasteiger charge is 2.61. The monoisotopic (exact) mass is 405 g/mol. The average molecular weight is 405 g/mol. The van der Waals surface area contributed by atoms with Crippen molar-refractivity contribution in [2.75, 3.05) is 7.11 Å². The summed E-state index contributed by atoms with van der Waals surface area (Å²) >= 11 is 0. The van der Waals surface area contributed by atoms with Crippen LogP contribution in [0.25, 0.3) is 0 Å². The lowest BCUT2D eigenvalue weighted by Gasteiger charge is -2.48. The zero-order valence-corrected chi connectivity index (χ0v) is 18.8. The van der Waals surface area contributed by atoms with E-state index in [1.165, 1.54) is 7.11 Å². The van der Waals surface area contributed by atoms with Crippen molar-refractivity contribution in [2.24, 2.45) is 0 Å². The number of hydrogen-bond donors (Lipinski definition) is 0. The maximum absolute atomic E-state index is 13.1. The first-order valence-corrected chi connectivity index (χ1v) is 9.58. The first-order chi connectivity index (χ1) is 13.1. The third-order valence-corrected chi connectivity index (χ3v) is 4.66. The third kappa shape index (κ3) is 4.23. The minimum atomic E-state index is -1.63. The van der Waals surface area contributed by atoms with Crippen LogP contribution >= 0.6 is 0 Å². The van der Waals surface area contributed by atoms with Crippen LogP contribution in [0.5, 0.6) is 0 Å². The van der Waals surface area contributed by atoms with Gasteiger partial charge in [-0.2, -0.15) is 4.90 Å². The fourth-order valence-electron chi connectivity index (χ4n) is 3.54. The largest absolute Gasteiger partial charge is 0.467 e. The van der Waals surface area contributed by atoms with Gasteiger partial charge < -0.3 is 14.2 Å². The highest BCUT2D eigenvalue weighted by atomic mass is 16.6. The number of nitrogens with zero attached hydrogens (tertiary/aromatic N) is 1. The molecule has 0 heterocycles. The lowest BCUT2D eigenvalue weighted by molar-refractivity contribution is -0.157. The summed E-state index contributed by atoms with van der Waals surface area (Å²) in [5.41, 5.74) is -0.136. The summed E-state index contributed by atoms with van der Waals surface area (Å²) in [4.78, 5) is 40.1. The molecule has 0 spiro atoms. The van der Waals surface area contributed by atoms with Crippen LogP contribution in [0.15, 0.2) is 12.1 Å². The molecule has 1 atom stereocenters. The van der Waals surface area contributed by atoms with Gasteiger partial charge in [0.25, 0.3) is 0 Å². The number of benzene rings is 1. The summed E-state index contributed by atoms with van der Waals surface area (Å²) in [6, 6.07) is 3.80. The summed E-state index contributed by atoms with van der Waals surface area (Å²) in [5.74, 6) is -0.713. The molecule has 0 radical (unpaired) electrons. The van der Waals surface area contributed by atoms with Crippen molar-refractivity contribution in [2.45, 2.75) is 78.6 Å². The number of ether oxygens (including phenoxy) is 3. The summed E-state index contributed by atoms with van der Waals surface area (Å²) in [7, 11) is 1.23. The number of hydrogen-bond acceptors (Lipinski definition) is 6. The molecule has 7 heteroatoms. The van der Waals surface area contributed by atoms with E-state index in [4.69, 9.17) is 14.2 Å². The van der Waals surface area contributed by atoms with Crippen LogP contribution in [0.2, 0.25) is 0 Å². The minimum absolute atomic E-state index is 0.140. The van der Waals surface area contributed by atoms with E-state index in [1.807, 2.05) is 26.0 Å². The Kier molecular flexibility index (Phi) is 5.76. The average Bonchev–Trinajstić information content (AvgIpc) is 2.50. The molecule has 160 valence electrons. The van der Waals surface area contributed by atoms with Gasteiger partial charge in [0.05, 0.1) is 7.11 Å². The molecule has 0 saturated heterocycles. The van der Waals surface area contributed by atoms with Gasteiger partial charge in [0.15, 0.2) is 5.54 Å². The second-order valence-electron chi connectivity index (χ2n) is 9.38. The summed E-state index contributed by atoms with van der Waals surface area (Å²) in [5, 5.41) is 0. The van der Waals surface area contributed by atoms with E-state index in [-0.39, 0.29) is 6.42 Å². The van der Waals surface area contributed by atoms with E-state index in [1.54, 1.807) is 41.5 Å². The summed E-state index contributed by atoms with van der Waals surface area (Å²) < 4.78 is 16.0. The lowest BCUT2D eigenvalue weighted by Crippen LogP contribution is -2.64. The predicted molar refractivity (Wildman–Crippen MR) is 108 cm³/mol. The maximum atomic E-state index is 13.1. The molecular formula is C22H31NO6. The Morgan fingerprint density at radius 1 is 0.897 bits per heavy atom. The molecular weight excluding hydrogens is 374 g/mol. The van der Waals surface area contributed by atoms with Crippen molar-refractivity contribution in [1.29, 1.82) is 0 Å². The highest BCUT2D eigenvalue weighted by molar-refractivity contribution is 5.99. The first kappa shape index (κ1) is 22.7. The third-order valence-electron chi connectivity index (χ3n) is 4.66. The van der Waals surface area contributed by atoms with E-state index >= 15 is 0 Å². The Labute approximate surface area is 172 Å². The molecule has 0 N–H and O–H groups in total. The molecule has 0 bridgehead atoms. The lowest BCUT2D eigenvalue weighted by atomic mass is 9.66. The van der Waals surface area contributed by atoms with E-state index in [2.05, 4.69) is 0 Å². The topological polar surface area (TPSA) is 82.1 Å². The van der Waals surface area contributed by atoms with Crippen molar-refractivity contribution in [3.63, 3.8) is 0 Å². The van der Waals surface area contributed by atoms with Gasteiger partial charge in [-0.05, 0) is 77.6 Å². The quantitative estimate of drug-likeness (QED) is 0.536. The maximum Gasteiger partial charge on any atom is 0.421 e. The number of methoxy groups -OCH3 is 1. The van der Waals surface area contributed by atoms with Crippen molar-refractivity contribution in [3.8, 4) is 0 Å². The number of fused-ring (bicyclic) bond motifs is 1. The van der Waals surface area contributed by atoms with Crippen LogP contribution < -0.4 is 0 Å². The number of aryl methyl sites for hydroxylation is 2. The number of esters is 1. The van der Waals surface area contributed by atoms with Gasteiger partial charge in [-0.1, -0.05) is 12.1 Å². The second-order valence-corrected chi connectivity index (χ2v) is 9.38. The zero-order valence-electron chi connectivity index (χ0n) is 18.8. The highest BCUT2D eigenvalue weighted by Crippen LogP contribution is 2.49. The fourth-order valence-corrected chi connectivity index (χ4v) is 3.54. The van der Waals surface area contributed by atoms with Crippen molar-refractivity contribution < 1.29 is 28.6 Å². The number of amides is 2. The van der Waals surface area contributed by atoms with E-state index in [9.17, 15) is 14.4 Å². The molecule has 1 aliphatic rings. The van der Waals surface area contributed by atoms with E-state index < -0.39 is 34.9 Å². The fraction of sp³-hybridized carbons (Fsp3) is 0.591. The zero-order chi connectivity index (χ0) is 22.4. The molecule has 1 aromatic rings. The van der Waals surface area contributed by atoms with Gasteiger partial charge in [0, 0.05) is 6.42 Å². The van der Waals surface area contributed by atoms with Gasteiger partial charge in [0.2, 0.25) is 0 Å². The normalized spacial score (nSPS) is 18.2. The Morgan fingerprint density at radius 3 is 1.76 bits per heavy atom. The first-order valence-electron chi connectivity index (χ1n) is 9.58. The number of carbonyl (C=O) groups excluding carboxylic acids is 3. The van der Waals surface area contributed by atoms with Gasteiger partial charge in [-0.25, -0.2) is 14.4 Å². The van der Waals surface area contributed by atoms with Gasteiger partial charge in [-0.3, -0.25) is 0 Å². The standard InChI is InChI=1S/C22H31NO6/c1-13-10-11-14(2)16-15(13)12-22(16,17(24)27-9)23(18(25)28-20(3,4)5)19(26)29-21(6,7)8/h10-11H,12H2,1-9H3. The Bertz CT molecular complexity index is 818. The van der Waals surface area contributed by atoms with Crippen LogP contribution in [0.4, 0.5) is 9.59 Å². The molecule has 1 unspecified atom stereocenters. The van der Waals surface area contributed by atoms with E-state index in [0.29, 0.717) is 5.56 Å². The molecule has 2 rings (SSSR count). The van der Waals surface area contributed by atoms with Gasteiger partial charge in [-0.15, -0.1) is 0 Å². The smallest absolute Gasteiger partial charge is 0.421 e. The van der Waals surface area contributed by atoms with Crippen LogP contribution in [-0.2, 0) is 31.0 Å². The Hall–Kier alpha value is -2.57. The predicted octanol–water partition coefficient (Wildman–Crippen LogP) is 4.40. The van der Waals surface area contributed by atoms with Gasteiger partial charge in [0.1, 0.15) is 11.2 Å². The van der Waals surface area contributed by atoms with Crippen LogP contribution in [0.1, 0.15) is 63.8 Å². The molecule has 0 fully saturated rings. The minimum Gasteiger partial charge on any atom is -0.467 e. The number of rotatable bonds is 2. The molecule has 0 aliphatic heterocycles. The van der Waals surface area contributed by atoms with Crippen molar-refractivity contribution in [1.82, 2.24) is 4.90 Å². The molecule has 2 amide bonds. The van der Waals surface area contributed by atoms with Crippen LogP contribution in [0.3, 0.4) is 0 Å². The molecule has 0 saturated carbocycles. The number of carbonyl (C=O) groups is 3. The van der Waals surface area contributed by atoms with Crippen molar-refractivity contribution >= 4 is 18.2 Å². The molecule has 1 aliphatic carbocycles. The second kappa shape index (κ2) is 7.35. The SMILES string of the molecule is COC(=O)C1(N(C(=O)OC(C)(C)C)C(=O)OC(C)(C)C)Cc2c(C)ccc(C)c21. The molecule has 7 nitrogen and oxygen atoms in total.